The minimum atomic E-state index is 0.239. The summed E-state index contributed by atoms with van der Waals surface area (Å²) in [5.74, 6) is 0.239. The minimum absolute atomic E-state index is 0.239. The average Bonchev–Trinajstić information content (AvgIpc) is 2.43. The van der Waals surface area contributed by atoms with Gasteiger partial charge in [0.2, 0.25) is 0 Å². The molecule has 1 aromatic rings. The van der Waals surface area contributed by atoms with Gasteiger partial charge in [0, 0.05) is 12.1 Å². The SMILES string of the molecule is CCCCNC(=S)N/N=C(\CC)c1cc(C)ccc1O. The van der Waals surface area contributed by atoms with E-state index in [1.54, 1.807) is 6.07 Å². The highest BCUT2D eigenvalue weighted by Crippen LogP contribution is 2.20. The van der Waals surface area contributed by atoms with Crippen molar-refractivity contribution >= 4 is 23.0 Å². The second-order valence-corrected chi connectivity index (χ2v) is 5.06. The zero-order chi connectivity index (χ0) is 15.0. The van der Waals surface area contributed by atoms with Crippen LogP contribution in [0.5, 0.6) is 5.75 Å². The van der Waals surface area contributed by atoms with Crippen LogP contribution < -0.4 is 10.7 Å². The maximum absolute atomic E-state index is 9.92. The third-order valence-electron chi connectivity index (χ3n) is 2.91. The highest BCUT2D eigenvalue weighted by atomic mass is 32.1. The van der Waals surface area contributed by atoms with Gasteiger partial charge in [0.25, 0.3) is 0 Å². The molecule has 20 heavy (non-hydrogen) atoms. The Hall–Kier alpha value is -1.62. The molecule has 0 bridgehead atoms. The van der Waals surface area contributed by atoms with Gasteiger partial charge >= 0.3 is 0 Å². The predicted octanol–water partition coefficient (Wildman–Crippen LogP) is 3.08. The van der Waals surface area contributed by atoms with Crippen LogP contribution in [0.2, 0.25) is 0 Å². The van der Waals surface area contributed by atoms with Gasteiger partial charge in [-0.25, -0.2) is 0 Å². The highest BCUT2D eigenvalue weighted by molar-refractivity contribution is 7.80. The Bertz CT molecular complexity index is 486. The Balaban J connectivity index is 2.72. The summed E-state index contributed by atoms with van der Waals surface area (Å²) in [6, 6.07) is 5.48. The number of phenolic OH excluding ortho intramolecular Hbond substituents is 1. The van der Waals surface area contributed by atoms with E-state index in [1.807, 2.05) is 26.0 Å². The molecule has 0 aliphatic carbocycles. The molecule has 0 amide bonds. The summed E-state index contributed by atoms with van der Waals surface area (Å²) in [6.45, 7) is 6.96. The highest BCUT2D eigenvalue weighted by Gasteiger charge is 2.08. The van der Waals surface area contributed by atoms with E-state index in [-0.39, 0.29) is 5.75 Å². The molecule has 1 rings (SSSR count). The first-order valence-corrected chi connectivity index (χ1v) is 7.39. The second kappa shape index (κ2) is 8.53. The molecule has 0 heterocycles. The van der Waals surface area contributed by atoms with Gasteiger partial charge < -0.3 is 10.4 Å². The fourth-order valence-electron chi connectivity index (χ4n) is 1.75. The zero-order valence-corrected chi connectivity index (χ0v) is 13.2. The number of hydrazone groups is 1. The van der Waals surface area contributed by atoms with Gasteiger partial charge in [-0.1, -0.05) is 31.9 Å². The van der Waals surface area contributed by atoms with Crippen molar-refractivity contribution in [3.05, 3.63) is 29.3 Å². The van der Waals surface area contributed by atoms with Crippen molar-refractivity contribution in [3.8, 4) is 5.75 Å². The molecule has 0 unspecified atom stereocenters. The van der Waals surface area contributed by atoms with Crippen molar-refractivity contribution in [2.24, 2.45) is 5.10 Å². The number of aryl methyl sites for hydroxylation is 1. The third kappa shape index (κ3) is 5.17. The van der Waals surface area contributed by atoms with E-state index in [2.05, 4.69) is 22.8 Å². The number of benzene rings is 1. The Morgan fingerprint density at radius 1 is 1.35 bits per heavy atom. The van der Waals surface area contributed by atoms with Crippen LogP contribution in [0.15, 0.2) is 23.3 Å². The van der Waals surface area contributed by atoms with Crippen molar-refractivity contribution in [2.75, 3.05) is 6.54 Å². The number of aromatic hydroxyl groups is 1. The summed E-state index contributed by atoms with van der Waals surface area (Å²) in [6.07, 6.45) is 2.91. The zero-order valence-electron chi connectivity index (χ0n) is 12.4. The summed E-state index contributed by atoms with van der Waals surface area (Å²) < 4.78 is 0. The molecule has 5 heteroatoms. The molecular weight excluding hydrogens is 270 g/mol. The summed E-state index contributed by atoms with van der Waals surface area (Å²) in [4.78, 5) is 0. The van der Waals surface area contributed by atoms with E-state index in [0.717, 1.165) is 36.2 Å². The first-order chi connectivity index (χ1) is 9.58. The molecule has 0 spiro atoms. The molecule has 0 radical (unpaired) electrons. The normalized spacial score (nSPS) is 11.2. The Labute approximate surface area is 126 Å². The number of phenols is 1. The summed E-state index contributed by atoms with van der Waals surface area (Å²) in [7, 11) is 0. The Morgan fingerprint density at radius 3 is 2.75 bits per heavy atom. The van der Waals surface area contributed by atoms with Gasteiger partial charge in [0.15, 0.2) is 5.11 Å². The summed E-state index contributed by atoms with van der Waals surface area (Å²) in [5.41, 5.74) is 5.45. The number of hydrogen-bond acceptors (Lipinski definition) is 3. The molecule has 0 atom stereocenters. The van der Waals surface area contributed by atoms with Crippen LogP contribution in [0.1, 0.15) is 44.2 Å². The van der Waals surface area contributed by atoms with E-state index < -0.39 is 0 Å². The van der Waals surface area contributed by atoms with E-state index in [4.69, 9.17) is 12.2 Å². The smallest absolute Gasteiger partial charge is 0.186 e. The number of hydrogen-bond donors (Lipinski definition) is 3. The lowest BCUT2D eigenvalue weighted by atomic mass is 10.0. The van der Waals surface area contributed by atoms with Gasteiger partial charge in [-0.3, -0.25) is 5.43 Å². The molecule has 0 saturated heterocycles. The minimum Gasteiger partial charge on any atom is -0.507 e. The van der Waals surface area contributed by atoms with Crippen molar-refractivity contribution in [3.63, 3.8) is 0 Å². The molecule has 0 aliphatic heterocycles. The first kappa shape index (κ1) is 16.4. The van der Waals surface area contributed by atoms with Crippen LogP contribution in [0.25, 0.3) is 0 Å². The van der Waals surface area contributed by atoms with Gasteiger partial charge in [0.05, 0.1) is 5.71 Å². The third-order valence-corrected chi connectivity index (χ3v) is 3.14. The maximum Gasteiger partial charge on any atom is 0.186 e. The second-order valence-electron chi connectivity index (χ2n) is 4.65. The monoisotopic (exact) mass is 293 g/mol. The molecule has 0 saturated carbocycles. The van der Waals surface area contributed by atoms with E-state index in [0.29, 0.717) is 11.5 Å². The van der Waals surface area contributed by atoms with E-state index in [9.17, 15) is 5.11 Å². The van der Waals surface area contributed by atoms with Gasteiger partial charge in [-0.2, -0.15) is 5.10 Å². The number of thiocarbonyl (C=S) groups is 1. The van der Waals surface area contributed by atoms with E-state index >= 15 is 0 Å². The lowest BCUT2D eigenvalue weighted by Gasteiger charge is -2.10. The number of unbranched alkanes of at least 4 members (excludes halogenated alkanes) is 1. The topological polar surface area (TPSA) is 56.7 Å². The van der Waals surface area contributed by atoms with Gasteiger partial charge in [0.1, 0.15) is 5.75 Å². The van der Waals surface area contributed by atoms with Gasteiger partial charge in [-0.05, 0) is 44.1 Å². The molecule has 4 nitrogen and oxygen atoms in total. The fourth-order valence-corrected chi connectivity index (χ4v) is 1.89. The van der Waals surface area contributed by atoms with Gasteiger partial charge in [-0.15, -0.1) is 0 Å². The van der Waals surface area contributed by atoms with Crippen molar-refractivity contribution in [2.45, 2.75) is 40.0 Å². The van der Waals surface area contributed by atoms with E-state index in [1.165, 1.54) is 0 Å². The first-order valence-electron chi connectivity index (χ1n) is 6.98. The van der Waals surface area contributed by atoms with Crippen LogP contribution in [-0.2, 0) is 0 Å². The molecule has 0 aromatic heterocycles. The van der Waals surface area contributed by atoms with Crippen molar-refractivity contribution in [1.82, 2.24) is 10.7 Å². The fraction of sp³-hybridized carbons (Fsp3) is 0.467. The molecule has 110 valence electrons. The number of rotatable bonds is 6. The molecule has 0 aliphatic rings. The Morgan fingerprint density at radius 2 is 2.10 bits per heavy atom. The average molecular weight is 293 g/mol. The molecule has 0 fully saturated rings. The number of nitrogens with zero attached hydrogens (tertiary/aromatic N) is 1. The van der Waals surface area contributed by atoms with Crippen molar-refractivity contribution < 1.29 is 5.11 Å². The molecular formula is C15H23N3OS. The van der Waals surface area contributed by atoms with Crippen LogP contribution >= 0.6 is 12.2 Å². The Kier molecular flexibility index (Phi) is 7.01. The summed E-state index contributed by atoms with van der Waals surface area (Å²) in [5, 5.41) is 17.8. The number of nitrogens with one attached hydrogen (secondary N) is 2. The lowest BCUT2D eigenvalue weighted by Crippen LogP contribution is -2.33. The largest absolute Gasteiger partial charge is 0.507 e. The van der Waals surface area contributed by atoms with Crippen LogP contribution in [0.3, 0.4) is 0 Å². The lowest BCUT2D eigenvalue weighted by molar-refractivity contribution is 0.474. The predicted molar refractivity (Wildman–Crippen MR) is 88.3 cm³/mol. The molecule has 1 aromatic carbocycles. The van der Waals surface area contributed by atoms with Crippen LogP contribution in [0.4, 0.5) is 0 Å². The van der Waals surface area contributed by atoms with Crippen molar-refractivity contribution in [1.29, 1.82) is 0 Å². The maximum atomic E-state index is 9.92. The van der Waals surface area contributed by atoms with Crippen LogP contribution in [-0.4, -0.2) is 22.5 Å². The molecule has 3 N–H and O–H groups in total. The van der Waals surface area contributed by atoms with Crippen LogP contribution in [0, 0.1) is 6.92 Å². The summed E-state index contributed by atoms with van der Waals surface area (Å²) >= 11 is 5.15. The standard InChI is InChI=1S/C15H23N3OS/c1-4-6-9-16-15(20)18-17-13(5-2)12-10-11(3)7-8-14(12)19/h7-8,10,19H,4-6,9H2,1-3H3,(H2,16,18,20)/b17-13+. The quantitative estimate of drug-likeness (QED) is 0.326.